The van der Waals surface area contributed by atoms with Gasteiger partial charge in [0.15, 0.2) is 0 Å². The van der Waals surface area contributed by atoms with E-state index in [2.05, 4.69) is 12.1 Å². The molecule has 2 aromatic rings. The van der Waals surface area contributed by atoms with Crippen molar-refractivity contribution >= 4 is 17.9 Å². The third-order valence-electron chi connectivity index (χ3n) is 3.42. The minimum atomic E-state index is -0.572. The Kier molecular flexibility index (Phi) is 7.54. The Morgan fingerprint density at radius 3 is 2.19 bits per heavy atom. The maximum Gasteiger partial charge on any atom is 0.434 e. The molecule has 0 aliphatic rings. The number of benzene rings is 2. The van der Waals surface area contributed by atoms with Gasteiger partial charge in [-0.05, 0) is 45.4 Å². The first-order chi connectivity index (χ1) is 12.3. The normalized spacial score (nSPS) is 12.5. The van der Waals surface area contributed by atoms with Crippen LogP contribution in [0.2, 0.25) is 0 Å². The molecule has 0 bridgehead atoms. The van der Waals surface area contributed by atoms with Gasteiger partial charge in [0.05, 0.1) is 6.04 Å². The zero-order valence-electron chi connectivity index (χ0n) is 15.8. The molecule has 0 saturated carbocycles. The standard InChI is InChI=1S/C21H27NO3S/c1-17(16-26-19-13-9-6-10-14-19)22(20(23)25-21(2,3)4)24-15-18-11-7-5-8-12-18/h5-14,17H,15-16H2,1-4H3. The minimum Gasteiger partial charge on any atom is -0.442 e. The molecule has 0 aliphatic carbocycles. The first-order valence-electron chi connectivity index (χ1n) is 8.72. The van der Waals surface area contributed by atoms with Crippen molar-refractivity contribution in [1.82, 2.24) is 5.06 Å². The number of thioether (sulfide) groups is 1. The smallest absolute Gasteiger partial charge is 0.434 e. The third kappa shape index (κ3) is 7.10. The van der Waals surface area contributed by atoms with E-state index >= 15 is 0 Å². The van der Waals surface area contributed by atoms with Gasteiger partial charge < -0.3 is 4.74 Å². The van der Waals surface area contributed by atoms with Gasteiger partial charge in [-0.1, -0.05) is 48.5 Å². The number of hydrogen-bond acceptors (Lipinski definition) is 4. The predicted molar refractivity (Wildman–Crippen MR) is 106 cm³/mol. The number of hydrogen-bond donors (Lipinski definition) is 0. The maximum atomic E-state index is 12.6. The van der Waals surface area contributed by atoms with Crippen molar-refractivity contribution in [2.45, 2.75) is 50.8 Å². The summed E-state index contributed by atoms with van der Waals surface area (Å²) in [5.74, 6) is 0.706. The fourth-order valence-electron chi connectivity index (χ4n) is 2.19. The van der Waals surface area contributed by atoms with Crippen molar-refractivity contribution in [3.8, 4) is 0 Å². The van der Waals surface area contributed by atoms with Gasteiger partial charge in [-0.15, -0.1) is 11.8 Å². The lowest BCUT2D eigenvalue weighted by Crippen LogP contribution is -2.43. The molecule has 140 valence electrons. The maximum absolute atomic E-state index is 12.6. The van der Waals surface area contributed by atoms with Gasteiger partial charge in [-0.2, -0.15) is 5.06 Å². The summed E-state index contributed by atoms with van der Waals surface area (Å²) in [4.78, 5) is 19.6. The number of hydroxylamine groups is 2. The van der Waals surface area contributed by atoms with Crippen LogP contribution in [-0.2, 0) is 16.2 Å². The highest BCUT2D eigenvalue weighted by atomic mass is 32.2. The van der Waals surface area contributed by atoms with E-state index in [-0.39, 0.29) is 6.04 Å². The second-order valence-electron chi connectivity index (χ2n) is 7.04. The van der Waals surface area contributed by atoms with Gasteiger partial charge in [0.2, 0.25) is 0 Å². The van der Waals surface area contributed by atoms with Crippen molar-refractivity contribution < 1.29 is 14.4 Å². The molecule has 4 nitrogen and oxygen atoms in total. The van der Waals surface area contributed by atoms with E-state index in [1.54, 1.807) is 11.8 Å². The summed E-state index contributed by atoms with van der Waals surface area (Å²) in [6, 6.07) is 19.8. The average Bonchev–Trinajstić information content (AvgIpc) is 2.60. The van der Waals surface area contributed by atoms with Crippen LogP contribution >= 0.6 is 11.8 Å². The molecule has 0 aliphatic heterocycles. The van der Waals surface area contributed by atoms with E-state index in [0.29, 0.717) is 12.4 Å². The molecule has 1 amide bonds. The Bertz CT molecular complexity index is 671. The van der Waals surface area contributed by atoms with Crippen LogP contribution in [0.15, 0.2) is 65.6 Å². The van der Waals surface area contributed by atoms with Crippen LogP contribution in [-0.4, -0.2) is 28.6 Å². The summed E-state index contributed by atoms with van der Waals surface area (Å²) < 4.78 is 5.51. The average molecular weight is 374 g/mol. The molecule has 0 heterocycles. The van der Waals surface area contributed by atoms with Gasteiger partial charge in [-0.25, -0.2) is 4.79 Å². The van der Waals surface area contributed by atoms with Crippen LogP contribution in [0, 0.1) is 0 Å². The minimum absolute atomic E-state index is 0.140. The topological polar surface area (TPSA) is 38.8 Å². The molecular formula is C21H27NO3S. The van der Waals surface area contributed by atoms with Crippen LogP contribution in [0.1, 0.15) is 33.3 Å². The van der Waals surface area contributed by atoms with Crippen LogP contribution in [0.4, 0.5) is 4.79 Å². The van der Waals surface area contributed by atoms with Crippen molar-refractivity contribution in [1.29, 1.82) is 0 Å². The van der Waals surface area contributed by atoms with E-state index in [9.17, 15) is 4.79 Å². The molecule has 0 spiro atoms. The van der Waals surface area contributed by atoms with Gasteiger partial charge in [0.25, 0.3) is 0 Å². The molecular weight excluding hydrogens is 346 g/mol. The van der Waals surface area contributed by atoms with Gasteiger partial charge in [0, 0.05) is 10.6 Å². The lowest BCUT2D eigenvalue weighted by Gasteiger charge is -2.30. The summed E-state index contributed by atoms with van der Waals surface area (Å²) in [5.41, 5.74) is 0.432. The predicted octanol–water partition coefficient (Wildman–Crippen LogP) is 5.54. The lowest BCUT2D eigenvalue weighted by molar-refractivity contribution is -0.172. The zero-order chi connectivity index (χ0) is 19.0. The van der Waals surface area contributed by atoms with Gasteiger partial charge in [0.1, 0.15) is 12.2 Å². The summed E-state index contributed by atoms with van der Waals surface area (Å²) in [5, 5.41) is 1.36. The van der Waals surface area contributed by atoms with E-state index in [1.165, 1.54) is 5.06 Å². The van der Waals surface area contributed by atoms with Crippen molar-refractivity contribution in [2.24, 2.45) is 0 Å². The number of amides is 1. The highest BCUT2D eigenvalue weighted by molar-refractivity contribution is 7.99. The molecule has 5 heteroatoms. The van der Waals surface area contributed by atoms with Crippen molar-refractivity contribution in [2.75, 3.05) is 5.75 Å². The number of ether oxygens (including phenoxy) is 1. The number of carbonyl (C=O) groups excluding carboxylic acids is 1. The Hall–Kier alpha value is -1.98. The fourth-order valence-corrected chi connectivity index (χ4v) is 3.10. The van der Waals surface area contributed by atoms with E-state index in [1.807, 2.05) is 76.2 Å². The molecule has 1 unspecified atom stereocenters. The Balaban J connectivity index is 2.01. The molecule has 2 aromatic carbocycles. The van der Waals surface area contributed by atoms with E-state index in [0.717, 1.165) is 10.5 Å². The molecule has 0 N–H and O–H groups in total. The van der Waals surface area contributed by atoms with Gasteiger partial charge in [-0.3, -0.25) is 4.84 Å². The Labute approximate surface area is 160 Å². The van der Waals surface area contributed by atoms with Crippen molar-refractivity contribution in [3.05, 3.63) is 66.2 Å². The second-order valence-corrected chi connectivity index (χ2v) is 8.13. The van der Waals surface area contributed by atoms with E-state index < -0.39 is 11.7 Å². The van der Waals surface area contributed by atoms with Crippen molar-refractivity contribution in [3.63, 3.8) is 0 Å². The largest absolute Gasteiger partial charge is 0.442 e. The monoisotopic (exact) mass is 373 g/mol. The first-order valence-corrected chi connectivity index (χ1v) is 9.70. The zero-order valence-corrected chi connectivity index (χ0v) is 16.7. The van der Waals surface area contributed by atoms with Gasteiger partial charge >= 0.3 is 6.09 Å². The Morgan fingerprint density at radius 1 is 1.04 bits per heavy atom. The van der Waals surface area contributed by atoms with Crippen LogP contribution in [0.3, 0.4) is 0 Å². The number of nitrogens with zero attached hydrogens (tertiary/aromatic N) is 1. The fraction of sp³-hybridized carbons (Fsp3) is 0.381. The molecule has 1 atom stereocenters. The molecule has 0 aromatic heterocycles. The molecule has 0 fully saturated rings. The summed E-state index contributed by atoms with van der Waals surface area (Å²) in [6.45, 7) is 7.84. The summed E-state index contributed by atoms with van der Waals surface area (Å²) >= 11 is 1.68. The molecule has 0 saturated heterocycles. The SMILES string of the molecule is CC(CSc1ccccc1)N(OCc1ccccc1)C(=O)OC(C)(C)C. The van der Waals surface area contributed by atoms with Crippen LogP contribution in [0.25, 0.3) is 0 Å². The lowest BCUT2D eigenvalue weighted by atomic mass is 10.2. The highest BCUT2D eigenvalue weighted by Gasteiger charge is 2.27. The highest BCUT2D eigenvalue weighted by Crippen LogP contribution is 2.22. The molecule has 2 rings (SSSR count). The second kappa shape index (κ2) is 9.64. The quantitative estimate of drug-likeness (QED) is 0.472. The Morgan fingerprint density at radius 2 is 1.62 bits per heavy atom. The number of carbonyl (C=O) groups is 1. The van der Waals surface area contributed by atoms with E-state index in [4.69, 9.17) is 9.57 Å². The van der Waals surface area contributed by atoms with Crippen LogP contribution < -0.4 is 0 Å². The van der Waals surface area contributed by atoms with Crippen LogP contribution in [0.5, 0.6) is 0 Å². The third-order valence-corrected chi connectivity index (χ3v) is 4.68. The first kappa shape index (κ1) is 20.3. The molecule has 0 radical (unpaired) electrons. The summed E-state index contributed by atoms with van der Waals surface area (Å²) in [6.07, 6.45) is -0.463. The number of rotatable bonds is 7. The molecule has 26 heavy (non-hydrogen) atoms. The summed E-state index contributed by atoms with van der Waals surface area (Å²) in [7, 11) is 0.